The fourth-order valence-corrected chi connectivity index (χ4v) is 19.1. The molecular weight excluding hydrogens is 1120 g/mol. The van der Waals surface area contributed by atoms with E-state index in [-0.39, 0.29) is 21.7 Å². The van der Waals surface area contributed by atoms with E-state index in [1.807, 2.05) is 0 Å². The maximum absolute atomic E-state index is 2.72. The van der Waals surface area contributed by atoms with E-state index in [0.29, 0.717) is 47.3 Å². The fourth-order valence-electron chi connectivity index (χ4n) is 19.1. The highest BCUT2D eigenvalue weighted by atomic mass is 14.5. The molecule has 0 unspecified atom stereocenters. The zero-order valence-corrected chi connectivity index (χ0v) is 60.9. The van der Waals surface area contributed by atoms with Crippen molar-refractivity contribution in [1.82, 2.24) is 0 Å². The Kier molecular flexibility index (Phi) is 19.2. The molecule has 0 saturated carbocycles. The summed E-state index contributed by atoms with van der Waals surface area (Å²) < 4.78 is 0. The van der Waals surface area contributed by atoms with Crippen LogP contribution in [0.4, 0.5) is 0 Å². The quantitative estimate of drug-likeness (QED) is 0.0481. The van der Waals surface area contributed by atoms with Crippen molar-refractivity contribution in [3.8, 4) is 77.9 Å². The van der Waals surface area contributed by atoms with Gasteiger partial charge < -0.3 is 0 Å². The third-order valence-electron chi connectivity index (χ3n) is 25.7. The van der Waals surface area contributed by atoms with Gasteiger partial charge in [-0.3, -0.25) is 0 Å². The summed E-state index contributed by atoms with van der Waals surface area (Å²) in [5, 5.41) is 0. The van der Waals surface area contributed by atoms with Crippen LogP contribution in [0.15, 0.2) is 152 Å². The third kappa shape index (κ3) is 11.6. The van der Waals surface area contributed by atoms with Crippen LogP contribution < -0.4 is 0 Å². The first kappa shape index (κ1) is 66.8. The van der Waals surface area contributed by atoms with Crippen molar-refractivity contribution in [1.29, 1.82) is 0 Å². The number of benzene rings is 8. The van der Waals surface area contributed by atoms with E-state index < -0.39 is 0 Å². The monoisotopic (exact) mass is 1230 g/mol. The fraction of sp³-hybridized carbons (Fsp3) is 0.484. The van der Waals surface area contributed by atoms with Crippen LogP contribution >= 0.6 is 0 Å². The number of aryl methyl sites for hydroxylation is 1. The van der Waals surface area contributed by atoms with Crippen LogP contribution in [0.1, 0.15) is 264 Å². The van der Waals surface area contributed by atoms with Crippen LogP contribution in [0.3, 0.4) is 0 Å². The number of hydrogen-bond donors (Lipinski definition) is 0. The Morgan fingerprint density at radius 1 is 0.215 bits per heavy atom. The second kappa shape index (κ2) is 26.8. The summed E-state index contributed by atoms with van der Waals surface area (Å²) in [4.78, 5) is 0. The van der Waals surface area contributed by atoms with Gasteiger partial charge in [0.05, 0.1) is 0 Å². The van der Waals surface area contributed by atoms with Gasteiger partial charge in [0, 0.05) is 21.7 Å². The molecule has 0 aliphatic heterocycles. The summed E-state index contributed by atoms with van der Waals surface area (Å²) in [7, 11) is 0. The van der Waals surface area contributed by atoms with Crippen LogP contribution in [0.25, 0.3) is 77.9 Å². The Morgan fingerprint density at radius 2 is 0.398 bits per heavy atom. The molecule has 0 nitrogen and oxygen atoms in total. The minimum atomic E-state index is -0.119. The number of rotatable bonds is 27. The maximum Gasteiger partial charge on any atom is 0.0220 e. The zero-order valence-electron chi connectivity index (χ0n) is 60.9. The van der Waals surface area contributed by atoms with E-state index in [0.717, 1.165) is 25.7 Å². The van der Waals surface area contributed by atoms with E-state index in [9.17, 15) is 0 Å². The highest BCUT2D eigenvalue weighted by Gasteiger charge is 2.50. The molecule has 0 radical (unpaired) electrons. The van der Waals surface area contributed by atoms with Gasteiger partial charge >= 0.3 is 0 Å². The number of hydrogen-bond acceptors (Lipinski definition) is 0. The van der Waals surface area contributed by atoms with Crippen LogP contribution in [-0.2, 0) is 21.7 Å². The van der Waals surface area contributed by atoms with E-state index in [2.05, 4.69) is 269 Å². The largest absolute Gasteiger partial charge is 0.0651 e. The Balaban J connectivity index is 0.984. The third-order valence-corrected chi connectivity index (χ3v) is 25.7. The molecule has 0 N–H and O–H groups in total. The van der Waals surface area contributed by atoms with Crippen molar-refractivity contribution in [2.24, 2.45) is 47.3 Å². The second-order valence-corrected chi connectivity index (χ2v) is 32.2. The molecule has 0 heteroatoms. The highest BCUT2D eigenvalue weighted by Crippen LogP contribution is 2.62. The van der Waals surface area contributed by atoms with Crippen molar-refractivity contribution in [2.75, 3.05) is 0 Å². The molecule has 0 saturated heterocycles. The van der Waals surface area contributed by atoms with Crippen LogP contribution in [0.5, 0.6) is 0 Å². The molecule has 0 bridgehead atoms. The molecule has 8 atom stereocenters. The van der Waals surface area contributed by atoms with Crippen LogP contribution in [0.2, 0.25) is 0 Å². The van der Waals surface area contributed by atoms with Crippen molar-refractivity contribution >= 4 is 0 Å². The highest BCUT2D eigenvalue weighted by molar-refractivity contribution is 5.91. The van der Waals surface area contributed by atoms with Gasteiger partial charge in [-0.25, -0.2) is 0 Å². The lowest BCUT2D eigenvalue weighted by Gasteiger charge is -2.38. The molecule has 0 spiro atoms. The molecule has 93 heavy (non-hydrogen) atoms. The van der Waals surface area contributed by atoms with Crippen LogP contribution in [0, 0.1) is 54.3 Å². The van der Waals surface area contributed by atoms with Gasteiger partial charge in [0.15, 0.2) is 0 Å². The molecule has 8 aromatic carbocycles. The minimum Gasteiger partial charge on any atom is -0.0651 e. The number of fused-ring (bicyclic) bond motifs is 12. The van der Waals surface area contributed by atoms with Gasteiger partial charge in [0.25, 0.3) is 0 Å². The molecule has 4 aliphatic rings. The lowest BCUT2D eigenvalue weighted by Crippen LogP contribution is -2.30. The molecule has 12 rings (SSSR count). The Morgan fingerprint density at radius 3 is 0.624 bits per heavy atom. The van der Waals surface area contributed by atoms with Gasteiger partial charge in [0.2, 0.25) is 0 Å². The first-order chi connectivity index (χ1) is 44.8. The van der Waals surface area contributed by atoms with E-state index in [1.54, 1.807) is 44.5 Å². The summed E-state index contributed by atoms with van der Waals surface area (Å²) in [5.74, 6) is 4.79. The maximum atomic E-state index is 2.72. The normalized spacial score (nSPS) is 18.0. The Labute approximate surface area is 565 Å². The molecule has 488 valence electrons. The smallest absolute Gasteiger partial charge is 0.0220 e. The standard InChI is InChI=1S/C93H116/c1-18-59(9)51-90(52-60(10)19-2)82-29-27-26-28-74(82)76-38-31-68(45-84(76)90)70-33-40-78-80-42-35-72(49-88(80)92(86(78)47-70,55-63(13)22-5)56-64(14)23-6)73-36-43-81-79-41-34-71(48-87(79)93(89(81)50-73,57-65(15)24-7)58-66(16)25-8)69-32-39-77-75-37-30-67(17)44-83(75)91(85(77)46-69,53-61(11)20-3)54-62(12)21-4/h26-50,59-66H,18-25,51-58H2,1-17H3/t59-,60-,61-,62-,63-,64-,65-,66-/m0/s1. The van der Waals surface area contributed by atoms with E-state index in [1.165, 1.54) is 161 Å². The van der Waals surface area contributed by atoms with Gasteiger partial charge in [-0.15, -0.1) is 0 Å². The van der Waals surface area contributed by atoms with E-state index in [4.69, 9.17) is 0 Å². The average Bonchev–Trinajstić information content (AvgIpc) is 1.62. The average molecular weight is 1230 g/mol. The molecule has 0 fully saturated rings. The lowest BCUT2D eigenvalue weighted by atomic mass is 9.65. The first-order valence-electron chi connectivity index (χ1n) is 37.9. The summed E-state index contributed by atoms with van der Waals surface area (Å²) in [6, 6.07) is 63.2. The van der Waals surface area contributed by atoms with Crippen molar-refractivity contribution in [3.63, 3.8) is 0 Å². The van der Waals surface area contributed by atoms with Crippen molar-refractivity contribution < 1.29 is 0 Å². The van der Waals surface area contributed by atoms with E-state index >= 15 is 0 Å². The topological polar surface area (TPSA) is 0 Å². The van der Waals surface area contributed by atoms with Crippen molar-refractivity contribution in [3.05, 3.63) is 202 Å². The SMILES string of the molecule is CC[C@H](C)CC1(C[C@@H](C)CC)c2ccccc2-c2ccc(-c3ccc4c(c3)C(C[C@@H](C)CC)(C[C@@H](C)CC)c3cc(-c5ccc6c(c5)C(C[C@@H](C)CC)(C[C@@H](C)CC)c5cc(-c7ccc8c(c7)C(C[C@@H](C)CC)(C[C@@H](C)CC)c7cc(C)ccc7-8)ccc5-6)ccc3-4)cc21. The summed E-state index contributed by atoms with van der Waals surface area (Å²) in [6.07, 6.45) is 18.8. The predicted molar refractivity (Wildman–Crippen MR) is 405 cm³/mol. The Bertz CT molecular complexity index is 3960. The molecule has 0 heterocycles. The molecule has 4 aliphatic carbocycles. The lowest BCUT2D eigenvalue weighted by molar-refractivity contribution is 0.308. The molecule has 0 amide bonds. The molecule has 0 aromatic heterocycles. The molecule has 8 aromatic rings. The summed E-state index contributed by atoms with van der Waals surface area (Å²) >= 11 is 0. The second-order valence-electron chi connectivity index (χ2n) is 32.2. The van der Waals surface area contributed by atoms with Gasteiger partial charge in [0.1, 0.15) is 0 Å². The summed E-state index contributed by atoms with van der Waals surface area (Å²) in [5.41, 5.74) is 33.5. The van der Waals surface area contributed by atoms with Gasteiger partial charge in [-0.1, -0.05) is 283 Å². The zero-order chi connectivity index (χ0) is 65.9. The molecular formula is C93H116. The Hall–Kier alpha value is -6.24. The van der Waals surface area contributed by atoms with Crippen molar-refractivity contribution in [2.45, 2.75) is 242 Å². The van der Waals surface area contributed by atoms with Gasteiger partial charge in [-0.05, 0) is 264 Å². The van der Waals surface area contributed by atoms with Gasteiger partial charge in [-0.2, -0.15) is 0 Å². The first-order valence-corrected chi connectivity index (χ1v) is 37.9. The predicted octanol–water partition coefficient (Wildman–Crippen LogP) is 27.6. The minimum absolute atomic E-state index is 0.00216. The summed E-state index contributed by atoms with van der Waals surface area (Å²) in [6.45, 7) is 41.7. The van der Waals surface area contributed by atoms with Crippen LogP contribution in [-0.4, -0.2) is 0 Å².